The largest absolute Gasteiger partial charge is 0.381 e. The van der Waals surface area contributed by atoms with E-state index in [4.69, 9.17) is 9.84 Å². The fourth-order valence-electron chi connectivity index (χ4n) is 4.00. The van der Waals surface area contributed by atoms with Gasteiger partial charge in [-0.3, -0.25) is 9.36 Å². The average molecular weight is 345 g/mol. The minimum atomic E-state index is 0.0212. The third-order valence-corrected chi connectivity index (χ3v) is 5.30. The highest BCUT2D eigenvalue weighted by Gasteiger charge is 2.29. The lowest BCUT2D eigenvalue weighted by Gasteiger charge is -2.37. The molecule has 0 bridgehead atoms. The standard InChI is InChI=1S/C18H27N5O2/c1-12(2)16-19-8-15-17(24)22-10-13(3)9-21(18(22)20-23(15)16)11-14-4-6-25-7-5-14/h8,12-14H,4-7,9-11H2,1-3H3/t13-/m0/s1. The highest BCUT2D eigenvalue weighted by Crippen LogP contribution is 2.25. The van der Waals surface area contributed by atoms with Crippen molar-refractivity contribution >= 4 is 11.5 Å². The van der Waals surface area contributed by atoms with E-state index in [0.717, 1.165) is 57.5 Å². The maximum absolute atomic E-state index is 13.0. The van der Waals surface area contributed by atoms with Crippen LogP contribution in [0.25, 0.3) is 5.52 Å². The number of hydrogen-bond donors (Lipinski definition) is 0. The van der Waals surface area contributed by atoms with Crippen LogP contribution < -0.4 is 10.5 Å². The Hall–Kier alpha value is -1.89. The number of rotatable bonds is 3. The van der Waals surface area contributed by atoms with Gasteiger partial charge in [0, 0.05) is 38.8 Å². The van der Waals surface area contributed by atoms with Crippen molar-refractivity contribution in [2.24, 2.45) is 11.8 Å². The minimum absolute atomic E-state index is 0.0212. The normalized spacial score (nSPS) is 21.9. The fraction of sp³-hybridized carbons (Fsp3) is 0.722. The monoisotopic (exact) mass is 345 g/mol. The van der Waals surface area contributed by atoms with Crippen LogP contribution in [0.3, 0.4) is 0 Å². The molecule has 0 spiro atoms. The number of imidazole rings is 1. The third kappa shape index (κ3) is 2.94. The summed E-state index contributed by atoms with van der Waals surface area (Å²) in [4.78, 5) is 19.7. The van der Waals surface area contributed by atoms with Crippen molar-refractivity contribution < 1.29 is 4.74 Å². The topological polar surface area (TPSA) is 64.7 Å². The van der Waals surface area contributed by atoms with Gasteiger partial charge >= 0.3 is 0 Å². The Morgan fingerprint density at radius 1 is 1.28 bits per heavy atom. The lowest BCUT2D eigenvalue weighted by Crippen LogP contribution is -2.46. The summed E-state index contributed by atoms with van der Waals surface area (Å²) >= 11 is 0. The average Bonchev–Trinajstić information content (AvgIpc) is 3.01. The first kappa shape index (κ1) is 16.6. The van der Waals surface area contributed by atoms with Crippen LogP contribution in [0.4, 0.5) is 5.95 Å². The summed E-state index contributed by atoms with van der Waals surface area (Å²) in [6, 6.07) is 0. The Bertz CT molecular complexity index is 819. The minimum Gasteiger partial charge on any atom is -0.381 e. The van der Waals surface area contributed by atoms with Gasteiger partial charge in [0.25, 0.3) is 5.56 Å². The summed E-state index contributed by atoms with van der Waals surface area (Å²) in [6.07, 6.45) is 3.83. The molecular weight excluding hydrogens is 318 g/mol. The van der Waals surface area contributed by atoms with E-state index >= 15 is 0 Å². The van der Waals surface area contributed by atoms with Gasteiger partial charge in [-0.05, 0) is 24.7 Å². The van der Waals surface area contributed by atoms with Gasteiger partial charge in [-0.15, -0.1) is 5.10 Å². The summed E-state index contributed by atoms with van der Waals surface area (Å²) < 4.78 is 9.08. The smallest absolute Gasteiger partial charge is 0.280 e. The molecule has 4 rings (SSSR count). The lowest BCUT2D eigenvalue weighted by atomic mass is 9.98. The summed E-state index contributed by atoms with van der Waals surface area (Å²) in [5.41, 5.74) is 0.598. The lowest BCUT2D eigenvalue weighted by molar-refractivity contribution is 0.0676. The highest BCUT2D eigenvalue weighted by atomic mass is 16.5. The fourth-order valence-corrected chi connectivity index (χ4v) is 4.00. The second-order valence-corrected chi connectivity index (χ2v) is 7.85. The molecule has 25 heavy (non-hydrogen) atoms. The quantitative estimate of drug-likeness (QED) is 0.850. The predicted octanol–water partition coefficient (Wildman–Crippen LogP) is 1.90. The van der Waals surface area contributed by atoms with Gasteiger partial charge in [-0.1, -0.05) is 20.8 Å². The molecule has 7 nitrogen and oxygen atoms in total. The second kappa shape index (κ2) is 6.44. The van der Waals surface area contributed by atoms with Gasteiger partial charge in [0.05, 0.1) is 6.20 Å². The first-order valence-corrected chi connectivity index (χ1v) is 9.35. The highest BCUT2D eigenvalue weighted by molar-refractivity contribution is 5.47. The van der Waals surface area contributed by atoms with Gasteiger partial charge in [-0.25, -0.2) is 9.50 Å². The number of anilines is 1. The number of hydrogen-bond acceptors (Lipinski definition) is 5. The zero-order valence-electron chi connectivity index (χ0n) is 15.3. The first-order valence-electron chi connectivity index (χ1n) is 9.35. The number of nitrogens with zero attached hydrogens (tertiary/aromatic N) is 5. The van der Waals surface area contributed by atoms with Crippen LogP contribution in [-0.2, 0) is 11.3 Å². The van der Waals surface area contributed by atoms with Crippen molar-refractivity contribution in [1.29, 1.82) is 0 Å². The van der Waals surface area contributed by atoms with Gasteiger partial charge in [0.1, 0.15) is 5.82 Å². The Morgan fingerprint density at radius 3 is 2.76 bits per heavy atom. The number of ether oxygens (including phenoxy) is 1. The van der Waals surface area contributed by atoms with Gasteiger partial charge in [0.15, 0.2) is 5.52 Å². The maximum atomic E-state index is 13.0. The Balaban J connectivity index is 1.77. The molecule has 0 amide bonds. The third-order valence-electron chi connectivity index (χ3n) is 5.30. The van der Waals surface area contributed by atoms with Crippen molar-refractivity contribution in [2.45, 2.75) is 46.1 Å². The van der Waals surface area contributed by atoms with E-state index in [1.54, 1.807) is 10.7 Å². The Labute approximate surface area is 147 Å². The van der Waals surface area contributed by atoms with Crippen molar-refractivity contribution in [1.82, 2.24) is 19.2 Å². The molecule has 0 unspecified atom stereocenters. The van der Waals surface area contributed by atoms with Crippen LogP contribution in [0, 0.1) is 11.8 Å². The molecule has 2 aliphatic heterocycles. The zero-order valence-corrected chi connectivity index (χ0v) is 15.3. The van der Waals surface area contributed by atoms with E-state index < -0.39 is 0 Å². The molecule has 0 aliphatic carbocycles. The van der Waals surface area contributed by atoms with Gasteiger partial charge in [0.2, 0.25) is 5.95 Å². The molecule has 7 heteroatoms. The Morgan fingerprint density at radius 2 is 2.04 bits per heavy atom. The van der Waals surface area contributed by atoms with E-state index in [1.807, 2.05) is 4.57 Å². The molecule has 2 aliphatic rings. The number of fused-ring (bicyclic) bond motifs is 2. The van der Waals surface area contributed by atoms with E-state index in [1.165, 1.54) is 0 Å². The molecule has 0 N–H and O–H groups in total. The van der Waals surface area contributed by atoms with Crippen LogP contribution in [0.2, 0.25) is 0 Å². The Kier molecular flexibility index (Phi) is 4.27. The van der Waals surface area contributed by atoms with Crippen LogP contribution in [0.15, 0.2) is 11.0 Å². The summed E-state index contributed by atoms with van der Waals surface area (Å²) in [5, 5.41) is 4.85. The summed E-state index contributed by atoms with van der Waals surface area (Å²) in [7, 11) is 0. The first-order chi connectivity index (χ1) is 12.0. The van der Waals surface area contributed by atoms with Crippen LogP contribution in [-0.4, -0.2) is 45.5 Å². The van der Waals surface area contributed by atoms with Crippen LogP contribution in [0.1, 0.15) is 45.4 Å². The van der Waals surface area contributed by atoms with Crippen LogP contribution >= 0.6 is 0 Å². The van der Waals surface area contributed by atoms with E-state index in [9.17, 15) is 4.79 Å². The summed E-state index contributed by atoms with van der Waals surface area (Å²) in [5.74, 6) is 2.90. The molecule has 1 atom stereocenters. The molecule has 0 aromatic carbocycles. The second-order valence-electron chi connectivity index (χ2n) is 7.85. The molecular formula is C18H27N5O2. The summed E-state index contributed by atoms with van der Waals surface area (Å²) in [6.45, 7) is 10.7. The van der Waals surface area contributed by atoms with Crippen molar-refractivity contribution in [3.63, 3.8) is 0 Å². The molecule has 2 aromatic heterocycles. The molecule has 2 aromatic rings. The molecule has 0 saturated carbocycles. The van der Waals surface area contributed by atoms with E-state index in [0.29, 0.717) is 17.4 Å². The molecule has 4 heterocycles. The molecule has 1 saturated heterocycles. The van der Waals surface area contributed by atoms with Gasteiger partial charge < -0.3 is 9.64 Å². The molecule has 0 radical (unpaired) electrons. The van der Waals surface area contributed by atoms with E-state index in [-0.39, 0.29) is 11.5 Å². The van der Waals surface area contributed by atoms with E-state index in [2.05, 4.69) is 30.7 Å². The van der Waals surface area contributed by atoms with Gasteiger partial charge in [-0.2, -0.15) is 0 Å². The van der Waals surface area contributed by atoms with Crippen molar-refractivity contribution in [3.8, 4) is 0 Å². The van der Waals surface area contributed by atoms with Crippen LogP contribution in [0.5, 0.6) is 0 Å². The molecule has 136 valence electrons. The maximum Gasteiger partial charge on any atom is 0.280 e. The zero-order chi connectivity index (χ0) is 17.6. The molecule has 1 fully saturated rings. The van der Waals surface area contributed by atoms with Crippen molar-refractivity contribution in [2.75, 3.05) is 31.2 Å². The predicted molar refractivity (Wildman–Crippen MR) is 96.3 cm³/mol. The SMILES string of the molecule is CC(C)c1ncc2c(=O)n3c(nn12)N(CC1CCOCC1)C[C@H](C)C3. The number of aromatic nitrogens is 4. The van der Waals surface area contributed by atoms with Crippen molar-refractivity contribution in [3.05, 3.63) is 22.4 Å².